The minimum Gasteiger partial charge on any atom is -0.481 e. The highest BCUT2D eigenvalue weighted by Gasteiger charge is 2.35. The molecule has 6 nitrogen and oxygen atoms in total. The summed E-state index contributed by atoms with van der Waals surface area (Å²) in [7, 11) is 0. The molecule has 1 saturated carbocycles. The second kappa shape index (κ2) is 7.21. The lowest BCUT2D eigenvalue weighted by molar-refractivity contribution is -0.141. The second-order valence-corrected chi connectivity index (χ2v) is 5.56. The lowest BCUT2D eigenvalue weighted by Crippen LogP contribution is -2.42. The maximum Gasteiger partial charge on any atom is 0.303 e. The Morgan fingerprint density at radius 3 is 2.47 bits per heavy atom. The minimum atomic E-state index is -0.821. The van der Waals surface area contributed by atoms with Crippen molar-refractivity contribution in [2.45, 2.75) is 45.4 Å². The second-order valence-electron chi connectivity index (χ2n) is 5.56. The Labute approximate surface area is 112 Å². The molecule has 1 fully saturated rings. The summed E-state index contributed by atoms with van der Waals surface area (Å²) in [5.41, 5.74) is -0.325. The van der Waals surface area contributed by atoms with Crippen LogP contribution in [0, 0.1) is 16.2 Å². The number of nitroso groups, excluding NO2 is 1. The van der Waals surface area contributed by atoms with Gasteiger partial charge in [0.1, 0.15) is 0 Å². The van der Waals surface area contributed by atoms with E-state index in [1.54, 1.807) is 6.92 Å². The molecular weight excluding hydrogens is 248 g/mol. The average Bonchev–Trinajstić information content (AvgIpc) is 2.36. The van der Waals surface area contributed by atoms with Gasteiger partial charge in [-0.3, -0.25) is 9.59 Å². The van der Waals surface area contributed by atoms with Crippen LogP contribution >= 0.6 is 0 Å². The smallest absolute Gasteiger partial charge is 0.303 e. The van der Waals surface area contributed by atoms with Crippen LogP contribution < -0.4 is 5.32 Å². The lowest BCUT2D eigenvalue weighted by Gasteiger charge is -2.36. The van der Waals surface area contributed by atoms with E-state index in [1.165, 1.54) is 0 Å². The van der Waals surface area contributed by atoms with Crippen molar-refractivity contribution in [3.8, 4) is 0 Å². The highest BCUT2D eigenvalue weighted by atomic mass is 16.4. The van der Waals surface area contributed by atoms with Crippen LogP contribution in [0.4, 0.5) is 0 Å². The predicted octanol–water partition coefficient (Wildman–Crippen LogP) is 1.93. The highest BCUT2D eigenvalue weighted by molar-refractivity contribution is 5.78. The zero-order chi connectivity index (χ0) is 14.3. The quantitative estimate of drug-likeness (QED) is 0.691. The van der Waals surface area contributed by atoms with Crippen molar-refractivity contribution in [2.24, 2.45) is 16.5 Å². The van der Waals surface area contributed by atoms with Crippen molar-refractivity contribution in [3.63, 3.8) is 0 Å². The molecule has 0 aliphatic heterocycles. The largest absolute Gasteiger partial charge is 0.481 e. The summed E-state index contributed by atoms with van der Waals surface area (Å²) < 4.78 is 0. The predicted molar refractivity (Wildman–Crippen MR) is 70.6 cm³/mol. The molecule has 1 rings (SSSR count). The standard InChI is InChI=1S/C13H22N2O4/c1-10(8-15-19)12(18)14-9-13(7-11(16)17)5-3-2-4-6-13/h10H,2-9H2,1H3,(H,14,18)(H,16,17). The zero-order valence-corrected chi connectivity index (χ0v) is 11.4. The number of aliphatic carboxylic acids is 1. The molecule has 2 N–H and O–H groups in total. The Hall–Kier alpha value is -1.46. The summed E-state index contributed by atoms with van der Waals surface area (Å²) in [6.45, 7) is 1.97. The number of hydrogen-bond acceptors (Lipinski definition) is 4. The molecule has 0 spiro atoms. The van der Waals surface area contributed by atoms with Crippen LogP contribution in [0.3, 0.4) is 0 Å². The summed E-state index contributed by atoms with van der Waals surface area (Å²) in [5, 5.41) is 14.5. The maximum absolute atomic E-state index is 11.7. The van der Waals surface area contributed by atoms with Gasteiger partial charge in [-0.25, -0.2) is 0 Å². The molecule has 0 aromatic heterocycles. The Kier molecular flexibility index (Phi) is 5.92. The lowest BCUT2D eigenvalue weighted by atomic mass is 9.71. The van der Waals surface area contributed by atoms with Crippen molar-refractivity contribution in [3.05, 3.63) is 4.91 Å². The fourth-order valence-corrected chi connectivity index (χ4v) is 2.68. The van der Waals surface area contributed by atoms with Crippen LogP contribution in [0.25, 0.3) is 0 Å². The highest BCUT2D eigenvalue weighted by Crippen LogP contribution is 2.38. The summed E-state index contributed by atoms with van der Waals surface area (Å²) in [6, 6.07) is 0. The fraction of sp³-hybridized carbons (Fsp3) is 0.846. The molecule has 0 aromatic carbocycles. The van der Waals surface area contributed by atoms with E-state index in [4.69, 9.17) is 5.11 Å². The van der Waals surface area contributed by atoms with Crippen LogP contribution in [0.1, 0.15) is 45.4 Å². The van der Waals surface area contributed by atoms with E-state index in [9.17, 15) is 14.5 Å². The van der Waals surface area contributed by atoms with Crippen LogP contribution in [-0.2, 0) is 9.59 Å². The molecule has 1 aliphatic rings. The third kappa shape index (κ3) is 4.96. The van der Waals surface area contributed by atoms with Gasteiger partial charge in [-0.2, -0.15) is 4.91 Å². The van der Waals surface area contributed by atoms with Gasteiger partial charge in [0, 0.05) is 6.54 Å². The van der Waals surface area contributed by atoms with Crippen LogP contribution in [0.15, 0.2) is 5.18 Å². The first-order valence-electron chi connectivity index (χ1n) is 6.78. The van der Waals surface area contributed by atoms with E-state index in [1.807, 2.05) is 0 Å². The van der Waals surface area contributed by atoms with E-state index in [-0.39, 0.29) is 24.3 Å². The van der Waals surface area contributed by atoms with E-state index in [2.05, 4.69) is 10.5 Å². The van der Waals surface area contributed by atoms with Gasteiger partial charge in [0.2, 0.25) is 5.91 Å². The Bertz CT molecular complexity index is 338. The van der Waals surface area contributed by atoms with Crippen LogP contribution in [0.2, 0.25) is 0 Å². The summed E-state index contributed by atoms with van der Waals surface area (Å²) >= 11 is 0. The van der Waals surface area contributed by atoms with E-state index in [0.29, 0.717) is 6.54 Å². The average molecular weight is 270 g/mol. The van der Waals surface area contributed by atoms with Gasteiger partial charge < -0.3 is 10.4 Å². The normalized spacial score (nSPS) is 19.4. The number of nitrogens with one attached hydrogen (secondary N) is 1. The molecule has 6 heteroatoms. The maximum atomic E-state index is 11.7. The number of hydrogen-bond donors (Lipinski definition) is 2. The van der Waals surface area contributed by atoms with Gasteiger partial charge in [-0.15, -0.1) is 0 Å². The monoisotopic (exact) mass is 270 g/mol. The third-order valence-electron chi connectivity index (χ3n) is 3.87. The SMILES string of the molecule is CC(CN=O)C(=O)NCC1(CC(=O)O)CCCCC1. The molecule has 108 valence electrons. The number of rotatable bonds is 7. The molecule has 0 radical (unpaired) electrons. The van der Waals surface area contributed by atoms with Crippen molar-refractivity contribution in [1.82, 2.24) is 5.32 Å². The molecule has 0 saturated heterocycles. The van der Waals surface area contributed by atoms with Crippen molar-refractivity contribution in [2.75, 3.05) is 13.1 Å². The minimum absolute atomic E-state index is 0.0439. The van der Waals surface area contributed by atoms with E-state index >= 15 is 0 Å². The molecule has 1 atom stereocenters. The molecule has 1 aliphatic carbocycles. The van der Waals surface area contributed by atoms with Gasteiger partial charge in [-0.1, -0.05) is 31.4 Å². The Morgan fingerprint density at radius 2 is 1.95 bits per heavy atom. The molecule has 0 aromatic rings. The van der Waals surface area contributed by atoms with Gasteiger partial charge >= 0.3 is 5.97 Å². The first-order chi connectivity index (χ1) is 8.99. The Balaban J connectivity index is 2.55. The zero-order valence-electron chi connectivity index (χ0n) is 11.4. The summed E-state index contributed by atoms with van der Waals surface area (Å²) in [6.07, 6.45) is 4.90. The van der Waals surface area contributed by atoms with Gasteiger partial charge in [0.15, 0.2) is 0 Å². The molecule has 0 bridgehead atoms. The van der Waals surface area contributed by atoms with Crippen molar-refractivity contribution < 1.29 is 14.7 Å². The molecule has 0 heterocycles. The van der Waals surface area contributed by atoms with Crippen molar-refractivity contribution >= 4 is 11.9 Å². The van der Waals surface area contributed by atoms with Gasteiger partial charge in [-0.05, 0) is 18.3 Å². The van der Waals surface area contributed by atoms with Crippen LogP contribution in [-0.4, -0.2) is 30.1 Å². The van der Waals surface area contributed by atoms with Gasteiger partial charge in [0.05, 0.1) is 18.9 Å². The first-order valence-corrected chi connectivity index (χ1v) is 6.78. The first kappa shape index (κ1) is 15.6. The topological polar surface area (TPSA) is 95.8 Å². The number of carboxylic acids is 1. The molecule has 1 amide bonds. The summed E-state index contributed by atoms with van der Waals surface area (Å²) in [4.78, 5) is 32.9. The number of carbonyl (C=O) groups excluding carboxylic acids is 1. The fourth-order valence-electron chi connectivity index (χ4n) is 2.68. The number of nitrogens with zero attached hydrogens (tertiary/aromatic N) is 1. The molecule has 19 heavy (non-hydrogen) atoms. The summed E-state index contributed by atoms with van der Waals surface area (Å²) in [5.74, 6) is -1.50. The van der Waals surface area contributed by atoms with E-state index in [0.717, 1.165) is 32.1 Å². The van der Waals surface area contributed by atoms with E-state index < -0.39 is 11.9 Å². The number of carboxylic acid groups (broad SMARTS) is 1. The Morgan fingerprint density at radius 1 is 1.32 bits per heavy atom. The third-order valence-corrected chi connectivity index (χ3v) is 3.87. The van der Waals surface area contributed by atoms with Crippen molar-refractivity contribution in [1.29, 1.82) is 0 Å². The molecular formula is C13H22N2O4. The van der Waals surface area contributed by atoms with Crippen LogP contribution in [0.5, 0.6) is 0 Å². The molecule has 1 unspecified atom stereocenters. The van der Waals surface area contributed by atoms with Gasteiger partial charge in [0.25, 0.3) is 0 Å². The number of amides is 1. The number of carbonyl (C=O) groups is 2.